The number of nitriles is 1. The number of urea groups is 1. The molecule has 158 valence electrons. The first-order valence-corrected chi connectivity index (χ1v) is 10.1. The molecule has 2 amide bonds. The van der Waals surface area contributed by atoms with Gasteiger partial charge in [-0.15, -0.1) is 0 Å². The minimum absolute atomic E-state index is 0.311. The van der Waals surface area contributed by atoms with Crippen molar-refractivity contribution in [1.82, 2.24) is 25.0 Å². The summed E-state index contributed by atoms with van der Waals surface area (Å²) in [5, 5.41) is 16.1. The molecule has 32 heavy (non-hydrogen) atoms. The molecule has 1 atom stereocenters. The van der Waals surface area contributed by atoms with E-state index in [1.165, 1.54) is 0 Å². The summed E-state index contributed by atoms with van der Waals surface area (Å²) in [6.45, 7) is 2.31. The van der Waals surface area contributed by atoms with E-state index in [1.54, 1.807) is 35.5 Å². The molecule has 4 aromatic rings. The lowest BCUT2D eigenvalue weighted by Gasteiger charge is -2.32. The monoisotopic (exact) mass is 425 g/mol. The molecule has 1 aliphatic heterocycles. The first-order chi connectivity index (χ1) is 15.6. The number of nitrogens with zero attached hydrogens (tertiary/aromatic N) is 5. The number of hydrogen-bond donors (Lipinski definition) is 2. The number of carbonyl (C=O) groups excluding carboxylic acids is 1. The van der Waals surface area contributed by atoms with E-state index < -0.39 is 6.04 Å². The van der Waals surface area contributed by atoms with Crippen LogP contribution in [0.25, 0.3) is 11.4 Å². The fourth-order valence-electron chi connectivity index (χ4n) is 3.80. The second-order valence-corrected chi connectivity index (χ2v) is 7.62. The van der Waals surface area contributed by atoms with Crippen LogP contribution in [0, 0.1) is 18.3 Å². The Hall–Kier alpha value is -4.45. The third-order valence-electron chi connectivity index (χ3n) is 5.41. The standard InChI is InChI=1S/C23H19N7O2/c1-14-4-2-6-16(8-14)21-28-22(32-29-21)20-10-18-19(26-13-25-18)12-30(20)23(31)27-17-7-3-5-15(9-17)11-24/h2-9,13,20H,10,12H2,1H3,(H,25,26)(H,27,31). The zero-order valence-corrected chi connectivity index (χ0v) is 17.2. The quantitative estimate of drug-likeness (QED) is 0.512. The van der Waals surface area contributed by atoms with Gasteiger partial charge in [-0.1, -0.05) is 35.0 Å². The largest absolute Gasteiger partial charge is 0.347 e. The Kier molecular flexibility index (Phi) is 4.88. The van der Waals surface area contributed by atoms with Crippen LogP contribution in [0.5, 0.6) is 0 Å². The van der Waals surface area contributed by atoms with E-state index in [9.17, 15) is 4.79 Å². The van der Waals surface area contributed by atoms with Gasteiger partial charge in [0, 0.05) is 17.7 Å². The van der Waals surface area contributed by atoms with Gasteiger partial charge >= 0.3 is 6.03 Å². The molecule has 1 aliphatic rings. The van der Waals surface area contributed by atoms with Gasteiger partial charge in [-0.2, -0.15) is 10.2 Å². The molecular formula is C23H19N7O2. The maximum atomic E-state index is 13.2. The average molecular weight is 425 g/mol. The number of aromatic amines is 1. The van der Waals surface area contributed by atoms with Crippen molar-refractivity contribution in [2.75, 3.05) is 5.32 Å². The number of benzene rings is 2. The number of fused-ring (bicyclic) bond motifs is 1. The fraction of sp³-hybridized carbons (Fsp3) is 0.174. The topological polar surface area (TPSA) is 124 Å². The zero-order valence-electron chi connectivity index (χ0n) is 17.2. The molecule has 0 bridgehead atoms. The minimum atomic E-state index is -0.476. The zero-order chi connectivity index (χ0) is 22.1. The fourth-order valence-corrected chi connectivity index (χ4v) is 3.80. The van der Waals surface area contributed by atoms with Crippen LogP contribution in [0.3, 0.4) is 0 Å². The lowest BCUT2D eigenvalue weighted by Crippen LogP contribution is -2.41. The Morgan fingerprint density at radius 2 is 2.16 bits per heavy atom. The highest BCUT2D eigenvalue weighted by Gasteiger charge is 2.36. The van der Waals surface area contributed by atoms with E-state index in [0.717, 1.165) is 22.5 Å². The summed E-state index contributed by atoms with van der Waals surface area (Å²) in [7, 11) is 0. The van der Waals surface area contributed by atoms with E-state index >= 15 is 0 Å². The Bertz CT molecular complexity index is 1330. The molecule has 2 aromatic carbocycles. The summed E-state index contributed by atoms with van der Waals surface area (Å²) in [5.74, 6) is 0.815. The summed E-state index contributed by atoms with van der Waals surface area (Å²) >= 11 is 0. The van der Waals surface area contributed by atoms with Crippen LogP contribution in [0.15, 0.2) is 59.4 Å². The van der Waals surface area contributed by atoms with Gasteiger partial charge in [0.1, 0.15) is 6.04 Å². The van der Waals surface area contributed by atoms with Crippen molar-refractivity contribution in [2.24, 2.45) is 0 Å². The molecule has 0 saturated heterocycles. The molecule has 0 fully saturated rings. The normalized spacial score (nSPS) is 15.1. The molecule has 2 N–H and O–H groups in total. The number of imidazole rings is 1. The lowest BCUT2D eigenvalue weighted by molar-refractivity contribution is 0.155. The van der Waals surface area contributed by atoms with Gasteiger partial charge in [0.15, 0.2) is 0 Å². The number of hydrogen-bond acceptors (Lipinski definition) is 6. The summed E-state index contributed by atoms with van der Waals surface area (Å²) in [6, 6.07) is 15.9. The molecule has 9 nitrogen and oxygen atoms in total. The molecule has 5 rings (SSSR count). The van der Waals surface area contributed by atoms with Crippen molar-refractivity contribution >= 4 is 11.7 Å². The van der Waals surface area contributed by atoms with Gasteiger partial charge < -0.3 is 19.7 Å². The third-order valence-corrected chi connectivity index (χ3v) is 5.41. The first-order valence-electron chi connectivity index (χ1n) is 10.1. The number of nitrogens with one attached hydrogen (secondary N) is 2. The molecule has 0 spiro atoms. The van der Waals surface area contributed by atoms with E-state index in [0.29, 0.717) is 35.9 Å². The summed E-state index contributed by atoms with van der Waals surface area (Å²) < 4.78 is 5.59. The molecular weight excluding hydrogens is 406 g/mol. The first kappa shape index (κ1) is 19.5. The van der Waals surface area contributed by atoms with Crippen LogP contribution in [-0.4, -0.2) is 31.0 Å². The van der Waals surface area contributed by atoms with Crippen molar-refractivity contribution in [3.05, 3.63) is 83.3 Å². The van der Waals surface area contributed by atoms with Gasteiger partial charge in [-0.3, -0.25) is 0 Å². The number of H-pyrrole nitrogens is 1. The predicted molar refractivity (Wildman–Crippen MR) is 115 cm³/mol. The Balaban J connectivity index is 1.45. The summed E-state index contributed by atoms with van der Waals surface area (Å²) in [4.78, 5) is 26.9. The lowest BCUT2D eigenvalue weighted by atomic mass is 10.0. The van der Waals surface area contributed by atoms with Gasteiger partial charge in [-0.25, -0.2) is 9.78 Å². The molecule has 0 aliphatic carbocycles. The highest BCUT2D eigenvalue weighted by Crippen LogP contribution is 2.32. The summed E-state index contributed by atoms with van der Waals surface area (Å²) in [5.41, 5.74) is 4.66. The van der Waals surface area contributed by atoms with Crippen molar-refractivity contribution in [3.63, 3.8) is 0 Å². The number of anilines is 1. The van der Waals surface area contributed by atoms with Crippen molar-refractivity contribution in [2.45, 2.75) is 25.9 Å². The Morgan fingerprint density at radius 1 is 1.28 bits per heavy atom. The second-order valence-electron chi connectivity index (χ2n) is 7.62. The van der Waals surface area contributed by atoms with Crippen LogP contribution in [0.2, 0.25) is 0 Å². The number of amides is 2. The number of rotatable bonds is 3. The maximum absolute atomic E-state index is 13.2. The average Bonchev–Trinajstić information content (AvgIpc) is 3.47. The van der Waals surface area contributed by atoms with E-state index in [4.69, 9.17) is 9.78 Å². The highest BCUT2D eigenvalue weighted by molar-refractivity contribution is 5.90. The van der Waals surface area contributed by atoms with Crippen molar-refractivity contribution < 1.29 is 9.32 Å². The number of carbonyl (C=O) groups is 1. The van der Waals surface area contributed by atoms with Crippen molar-refractivity contribution in [1.29, 1.82) is 5.26 Å². The van der Waals surface area contributed by atoms with E-state index in [1.807, 2.05) is 31.2 Å². The summed E-state index contributed by atoms with van der Waals surface area (Å²) in [6.07, 6.45) is 2.06. The van der Waals surface area contributed by atoms with Crippen LogP contribution >= 0.6 is 0 Å². The minimum Gasteiger partial charge on any atom is -0.347 e. The SMILES string of the molecule is Cc1cccc(-c2noc(C3Cc4nc[nH]c4CN3C(=O)Nc3cccc(C#N)c3)n2)c1. The smallest absolute Gasteiger partial charge is 0.322 e. The second kappa shape index (κ2) is 8.00. The van der Waals surface area contributed by atoms with Crippen LogP contribution in [0.1, 0.15) is 34.4 Å². The third kappa shape index (κ3) is 3.70. The Labute approximate surface area is 183 Å². The van der Waals surface area contributed by atoms with Gasteiger partial charge in [0.25, 0.3) is 0 Å². The van der Waals surface area contributed by atoms with Crippen molar-refractivity contribution in [3.8, 4) is 17.5 Å². The Morgan fingerprint density at radius 3 is 3.00 bits per heavy atom. The molecule has 0 saturated carbocycles. The highest BCUT2D eigenvalue weighted by atomic mass is 16.5. The number of aromatic nitrogens is 4. The van der Waals surface area contributed by atoms with Crippen LogP contribution in [-0.2, 0) is 13.0 Å². The van der Waals surface area contributed by atoms with Gasteiger partial charge in [-0.05, 0) is 31.2 Å². The van der Waals surface area contributed by atoms with Crippen LogP contribution < -0.4 is 5.32 Å². The molecule has 2 aromatic heterocycles. The maximum Gasteiger partial charge on any atom is 0.322 e. The molecule has 0 radical (unpaired) electrons. The van der Waals surface area contributed by atoms with E-state index in [2.05, 4.69) is 31.5 Å². The molecule has 1 unspecified atom stereocenters. The van der Waals surface area contributed by atoms with Crippen LogP contribution in [0.4, 0.5) is 10.5 Å². The molecule has 9 heteroatoms. The van der Waals surface area contributed by atoms with Gasteiger partial charge in [0.05, 0.1) is 35.9 Å². The van der Waals surface area contributed by atoms with Gasteiger partial charge in [0.2, 0.25) is 11.7 Å². The van der Waals surface area contributed by atoms with E-state index in [-0.39, 0.29) is 6.03 Å². The molecule has 3 heterocycles. The number of aryl methyl sites for hydroxylation is 1. The predicted octanol–water partition coefficient (Wildman–Crippen LogP) is 3.97.